The zero-order valence-electron chi connectivity index (χ0n) is 16.7. The summed E-state index contributed by atoms with van der Waals surface area (Å²) in [6.07, 6.45) is 10.5. The van der Waals surface area contributed by atoms with Crippen LogP contribution in [0.3, 0.4) is 0 Å². The van der Waals surface area contributed by atoms with Gasteiger partial charge in [0.1, 0.15) is 10.0 Å². The van der Waals surface area contributed by atoms with Crippen LogP contribution in [0.2, 0.25) is 0 Å². The molecule has 0 bridgehead atoms. The minimum atomic E-state index is -0.0192. The molecule has 0 unspecified atom stereocenters. The molecule has 1 aliphatic rings. The van der Waals surface area contributed by atoms with Crippen LogP contribution in [0, 0.1) is 0 Å². The molecule has 3 aromatic rings. The van der Waals surface area contributed by atoms with Gasteiger partial charge in [0.2, 0.25) is 0 Å². The van der Waals surface area contributed by atoms with Crippen LogP contribution in [0.15, 0.2) is 66.0 Å². The molecule has 0 saturated carbocycles. The van der Waals surface area contributed by atoms with E-state index in [-0.39, 0.29) is 5.91 Å². The lowest BCUT2D eigenvalue weighted by molar-refractivity contribution is -0.122. The highest BCUT2D eigenvalue weighted by Crippen LogP contribution is 2.35. The van der Waals surface area contributed by atoms with Crippen molar-refractivity contribution in [3.8, 4) is 16.9 Å². The molecule has 0 N–H and O–H groups in total. The Morgan fingerprint density at radius 3 is 2.60 bits per heavy atom. The first-order valence-electron chi connectivity index (χ1n) is 9.98. The topological polar surface area (TPSA) is 51.0 Å². The Kier molecular flexibility index (Phi) is 6.40. The molecule has 1 amide bonds. The number of benzene rings is 1. The highest BCUT2D eigenvalue weighted by atomic mass is 32.2. The van der Waals surface area contributed by atoms with Crippen molar-refractivity contribution in [2.75, 3.05) is 6.54 Å². The smallest absolute Gasteiger partial charge is 0.266 e. The number of pyridine rings is 1. The fourth-order valence-electron chi connectivity index (χ4n) is 3.29. The summed E-state index contributed by atoms with van der Waals surface area (Å²) in [6, 6.07) is 13.8. The Hall–Kier alpha value is -2.77. The summed E-state index contributed by atoms with van der Waals surface area (Å²) in [5.41, 5.74) is 3.58. The third-order valence-corrected chi connectivity index (χ3v) is 6.24. The summed E-state index contributed by atoms with van der Waals surface area (Å²) in [5, 5.41) is 4.79. The lowest BCUT2D eigenvalue weighted by Gasteiger charge is -2.13. The molecule has 7 heteroatoms. The number of amides is 1. The maximum absolute atomic E-state index is 13.0. The van der Waals surface area contributed by atoms with Crippen molar-refractivity contribution in [3.63, 3.8) is 0 Å². The molecule has 5 nitrogen and oxygen atoms in total. The summed E-state index contributed by atoms with van der Waals surface area (Å²) in [5.74, 6) is -0.0192. The van der Waals surface area contributed by atoms with Crippen LogP contribution in [0.25, 0.3) is 23.0 Å². The quantitative estimate of drug-likeness (QED) is 0.286. The fourth-order valence-corrected chi connectivity index (χ4v) is 4.59. The molecular formula is C23H22N4OS2. The van der Waals surface area contributed by atoms with E-state index >= 15 is 0 Å². The summed E-state index contributed by atoms with van der Waals surface area (Å²) in [6.45, 7) is 2.82. The van der Waals surface area contributed by atoms with Gasteiger partial charge in [0.15, 0.2) is 0 Å². The third-order valence-electron chi connectivity index (χ3n) is 4.86. The standard InChI is InChI=1S/C23H22N4OS2/c1-2-3-7-14-26-22(28)20(30-23(26)29)15-18-16-27(19-8-5-4-6-9-19)25-21(18)17-10-12-24-13-11-17/h4-6,8-13,15-16H,2-3,7,14H2,1H3. The van der Waals surface area contributed by atoms with Crippen molar-refractivity contribution < 1.29 is 4.79 Å². The number of rotatable bonds is 7. The van der Waals surface area contributed by atoms with E-state index < -0.39 is 0 Å². The van der Waals surface area contributed by atoms with Crippen LogP contribution >= 0.6 is 24.0 Å². The third kappa shape index (κ3) is 4.37. The lowest BCUT2D eigenvalue weighted by atomic mass is 10.1. The number of nitrogens with zero attached hydrogens (tertiary/aromatic N) is 4. The average Bonchev–Trinajstić information content (AvgIpc) is 3.31. The summed E-state index contributed by atoms with van der Waals surface area (Å²) in [7, 11) is 0. The molecule has 4 rings (SSSR count). The number of hydrogen-bond donors (Lipinski definition) is 0. The Morgan fingerprint density at radius 2 is 1.87 bits per heavy atom. The summed E-state index contributed by atoms with van der Waals surface area (Å²) in [4.78, 5) is 19.4. The molecule has 0 aliphatic carbocycles. The number of thioether (sulfide) groups is 1. The lowest BCUT2D eigenvalue weighted by Crippen LogP contribution is -2.28. The fraction of sp³-hybridized carbons (Fsp3) is 0.217. The van der Waals surface area contributed by atoms with Gasteiger partial charge in [-0.3, -0.25) is 14.7 Å². The van der Waals surface area contributed by atoms with Crippen LogP contribution in [0.5, 0.6) is 0 Å². The van der Waals surface area contributed by atoms with Gasteiger partial charge in [-0.2, -0.15) is 5.10 Å². The van der Waals surface area contributed by atoms with Crippen molar-refractivity contribution in [1.29, 1.82) is 0 Å². The van der Waals surface area contributed by atoms with Crippen molar-refractivity contribution in [2.24, 2.45) is 0 Å². The van der Waals surface area contributed by atoms with Gasteiger partial charge in [-0.05, 0) is 36.8 Å². The number of carbonyl (C=O) groups is 1. The number of thiocarbonyl (C=S) groups is 1. The molecule has 3 heterocycles. The van der Waals surface area contributed by atoms with Gasteiger partial charge >= 0.3 is 0 Å². The van der Waals surface area contributed by atoms with Crippen LogP contribution in [0.1, 0.15) is 31.7 Å². The Morgan fingerprint density at radius 1 is 1.10 bits per heavy atom. The van der Waals surface area contributed by atoms with Gasteiger partial charge in [-0.1, -0.05) is 61.9 Å². The van der Waals surface area contributed by atoms with E-state index in [1.165, 1.54) is 11.8 Å². The van der Waals surface area contributed by atoms with Gasteiger partial charge in [0, 0.05) is 36.3 Å². The Labute approximate surface area is 185 Å². The second-order valence-corrected chi connectivity index (χ2v) is 8.67. The van der Waals surface area contributed by atoms with Crippen LogP contribution in [-0.2, 0) is 4.79 Å². The van der Waals surface area contributed by atoms with Crippen LogP contribution in [0.4, 0.5) is 0 Å². The first-order valence-corrected chi connectivity index (χ1v) is 11.2. The maximum atomic E-state index is 13.0. The monoisotopic (exact) mass is 434 g/mol. The van der Waals surface area contributed by atoms with Crippen molar-refractivity contribution >= 4 is 40.3 Å². The maximum Gasteiger partial charge on any atom is 0.266 e. The van der Waals surface area contributed by atoms with E-state index in [1.807, 2.05) is 59.4 Å². The predicted octanol–water partition coefficient (Wildman–Crippen LogP) is 5.33. The van der Waals surface area contributed by atoms with Gasteiger partial charge in [-0.15, -0.1) is 0 Å². The Bertz CT molecular complexity index is 1080. The molecule has 0 spiro atoms. The highest BCUT2D eigenvalue weighted by Gasteiger charge is 2.31. The number of hydrogen-bond acceptors (Lipinski definition) is 5. The predicted molar refractivity (Wildman–Crippen MR) is 126 cm³/mol. The minimum Gasteiger partial charge on any atom is -0.293 e. The van der Waals surface area contributed by atoms with Crippen LogP contribution in [-0.4, -0.2) is 36.4 Å². The second kappa shape index (κ2) is 9.36. The first kappa shape index (κ1) is 20.5. The minimum absolute atomic E-state index is 0.0192. The number of unbranched alkanes of at least 4 members (excludes halogenated alkanes) is 2. The molecule has 1 fully saturated rings. The van der Waals surface area contributed by atoms with Crippen molar-refractivity contribution in [2.45, 2.75) is 26.2 Å². The molecular weight excluding hydrogens is 412 g/mol. The highest BCUT2D eigenvalue weighted by molar-refractivity contribution is 8.26. The van der Waals surface area contributed by atoms with Crippen molar-refractivity contribution in [1.82, 2.24) is 19.7 Å². The molecule has 1 aliphatic heterocycles. The molecule has 1 aromatic carbocycles. The molecule has 0 radical (unpaired) electrons. The van der Waals surface area contributed by atoms with Gasteiger partial charge in [0.25, 0.3) is 5.91 Å². The Balaban J connectivity index is 1.70. The molecule has 2 aromatic heterocycles. The summed E-state index contributed by atoms with van der Waals surface area (Å²) < 4.78 is 2.46. The van der Waals surface area contributed by atoms with E-state index in [0.29, 0.717) is 15.8 Å². The largest absolute Gasteiger partial charge is 0.293 e. The second-order valence-electron chi connectivity index (χ2n) is 6.99. The molecule has 152 valence electrons. The SMILES string of the molecule is CCCCCN1C(=O)C(=Cc2cn(-c3ccccc3)nc2-c2ccncc2)SC1=S. The van der Waals surface area contributed by atoms with E-state index in [9.17, 15) is 4.79 Å². The first-order chi connectivity index (χ1) is 14.7. The van der Waals surface area contributed by atoms with Gasteiger partial charge < -0.3 is 0 Å². The zero-order chi connectivity index (χ0) is 20.9. The molecule has 0 atom stereocenters. The number of carbonyl (C=O) groups excluding carboxylic acids is 1. The normalized spacial score (nSPS) is 15.4. The van der Waals surface area contributed by atoms with E-state index in [4.69, 9.17) is 17.3 Å². The van der Waals surface area contributed by atoms with Crippen LogP contribution < -0.4 is 0 Å². The van der Waals surface area contributed by atoms with E-state index in [2.05, 4.69) is 11.9 Å². The van der Waals surface area contributed by atoms with Crippen molar-refractivity contribution in [3.05, 3.63) is 71.5 Å². The van der Waals surface area contributed by atoms with Gasteiger partial charge in [0.05, 0.1) is 10.6 Å². The van der Waals surface area contributed by atoms with E-state index in [1.54, 1.807) is 17.3 Å². The number of para-hydroxylation sites is 1. The van der Waals surface area contributed by atoms with Gasteiger partial charge in [-0.25, -0.2) is 4.68 Å². The summed E-state index contributed by atoms with van der Waals surface area (Å²) >= 11 is 6.83. The zero-order valence-corrected chi connectivity index (χ0v) is 18.3. The van der Waals surface area contributed by atoms with E-state index in [0.717, 1.165) is 41.8 Å². The number of aromatic nitrogens is 3. The molecule has 30 heavy (non-hydrogen) atoms. The molecule has 1 saturated heterocycles. The average molecular weight is 435 g/mol.